The maximum absolute atomic E-state index is 13.7. The summed E-state index contributed by atoms with van der Waals surface area (Å²) in [6.45, 7) is 2.98. The minimum absolute atomic E-state index is 0.134. The van der Waals surface area contributed by atoms with Crippen LogP contribution in [0.3, 0.4) is 0 Å². The molecule has 0 aromatic heterocycles. The third-order valence-electron chi connectivity index (χ3n) is 6.47. The molecule has 0 saturated carbocycles. The topological polar surface area (TPSA) is 41.1 Å². The van der Waals surface area contributed by atoms with Crippen LogP contribution in [-0.2, 0) is 0 Å². The maximum Gasteiger partial charge on any atom is 0.184 e. The number of benzene rings is 4. The van der Waals surface area contributed by atoms with Crippen LogP contribution in [0.15, 0.2) is 84.9 Å². The van der Waals surface area contributed by atoms with Crippen LogP contribution in [0, 0.1) is 5.92 Å². The van der Waals surface area contributed by atoms with Crippen LogP contribution in [-0.4, -0.2) is 25.4 Å². The number of piperidine rings is 1. The summed E-state index contributed by atoms with van der Waals surface area (Å²) in [7, 11) is 0. The van der Waals surface area contributed by atoms with Gasteiger partial charge in [-0.25, -0.2) is 0 Å². The molecule has 1 atom stereocenters. The van der Waals surface area contributed by atoms with E-state index in [0.717, 1.165) is 54.4 Å². The summed E-state index contributed by atoms with van der Waals surface area (Å²) >= 11 is 0. The van der Waals surface area contributed by atoms with Gasteiger partial charge in [0.1, 0.15) is 0 Å². The van der Waals surface area contributed by atoms with Gasteiger partial charge in [0.25, 0.3) is 0 Å². The Morgan fingerprint density at radius 2 is 1.42 bits per heavy atom. The first-order valence-corrected chi connectivity index (χ1v) is 11.2. The summed E-state index contributed by atoms with van der Waals surface area (Å²) in [6.07, 6.45) is 2.31. The Labute approximate surface area is 183 Å². The van der Waals surface area contributed by atoms with Gasteiger partial charge in [0, 0.05) is 5.56 Å². The predicted molar refractivity (Wildman–Crippen MR) is 129 cm³/mol. The highest BCUT2D eigenvalue weighted by atomic mass is 16.1. The molecule has 0 spiro atoms. The van der Waals surface area contributed by atoms with E-state index in [4.69, 9.17) is 0 Å². The molecule has 0 aliphatic carbocycles. The van der Waals surface area contributed by atoms with E-state index in [0.29, 0.717) is 5.92 Å². The van der Waals surface area contributed by atoms with Crippen molar-refractivity contribution < 1.29 is 4.79 Å². The Morgan fingerprint density at radius 3 is 2.13 bits per heavy atom. The fourth-order valence-electron chi connectivity index (χ4n) is 4.63. The largest absolute Gasteiger partial charge is 0.317 e. The molecule has 4 aromatic carbocycles. The Kier molecular flexibility index (Phi) is 5.79. The van der Waals surface area contributed by atoms with E-state index in [-0.39, 0.29) is 11.8 Å². The number of carbonyl (C=O) groups is 1. The third-order valence-corrected chi connectivity index (χ3v) is 6.47. The van der Waals surface area contributed by atoms with Crippen molar-refractivity contribution in [1.29, 1.82) is 0 Å². The highest BCUT2D eigenvalue weighted by Crippen LogP contribution is 2.26. The van der Waals surface area contributed by atoms with E-state index in [1.807, 2.05) is 30.3 Å². The number of ketones is 1. The second-order valence-corrected chi connectivity index (χ2v) is 8.57. The van der Waals surface area contributed by atoms with Gasteiger partial charge in [-0.1, -0.05) is 72.8 Å². The van der Waals surface area contributed by atoms with Gasteiger partial charge in [-0.3, -0.25) is 4.79 Å². The van der Waals surface area contributed by atoms with Crippen molar-refractivity contribution in [2.75, 3.05) is 19.6 Å². The lowest BCUT2D eigenvalue weighted by Gasteiger charge is -2.26. The van der Waals surface area contributed by atoms with Crippen LogP contribution in [0.4, 0.5) is 0 Å². The number of carbonyl (C=O) groups excluding carboxylic acids is 1. The van der Waals surface area contributed by atoms with E-state index >= 15 is 0 Å². The molecule has 31 heavy (non-hydrogen) atoms. The number of hydrogen-bond acceptors (Lipinski definition) is 3. The van der Waals surface area contributed by atoms with Crippen molar-refractivity contribution in [2.24, 2.45) is 5.92 Å². The average molecular weight is 409 g/mol. The highest BCUT2D eigenvalue weighted by molar-refractivity contribution is 6.04. The SMILES string of the molecule is O=C(c1ccc2ccccc2c1)C(NCC1CCNCC1)c1ccc2ccccc2c1. The van der Waals surface area contributed by atoms with Crippen molar-refractivity contribution in [2.45, 2.75) is 18.9 Å². The zero-order valence-corrected chi connectivity index (χ0v) is 17.7. The molecule has 1 aliphatic heterocycles. The summed E-state index contributed by atoms with van der Waals surface area (Å²) in [5.74, 6) is 0.739. The molecule has 3 heteroatoms. The number of fused-ring (bicyclic) bond motifs is 2. The minimum Gasteiger partial charge on any atom is -0.317 e. The van der Waals surface area contributed by atoms with Crippen LogP contribution >= 0.6 is 0 Å². The molecule has 0 bridgehead atoms. The lowest BCUT2D eigenvalue weighted by atomic mass is 9.92. The molecule has 1 unspecified atom stereocenters. The van der Waals surface area contributed by atoms with E-state index in [2.05, 4.69) is 65.2 Å². The summed E-state index contributed by atoms with van der Waals surface area (Å²) in [6, 6.07) is 28.6. The van der Waals surface area contributed by atoms with Crippen molar-refractivity contribution in [1.82, 2.24) is 10.6 Å². The molecule has 1 saturated heterocycles. The standard InChI is InChI=1S/C28H28N2O/c31-28(26-12-10-22-6-2-4-8-24(22)18-26)27(30-19-20-13-15-29-16-14-20)25-11-9-21-5-1-3-7-23(21)17-25/h1-12,17-18,20,27,29-30H,13-16,19H2. The van der Waals surface area contributed by atoms with Gasteiger partial charge in [-0.15, -0.1) is 0 Å². The van der Waals surface area contributed by atoms with Gasteiger partial charge < -0.3 is 10.6 Å². The maximum atomic E-state index is 13.7. The molecule has 4 aromatic rings. The van der Waals surface area contributed by atoms with E-state index in [9.17, 15) is 4.79 Å². The van der Waals surface area contributed by atoms with Crippen molar-refractivity contribution >= 4 is 27.3 Å². The molecular weight excluding hydrogens is 380 g/mol. The Morgan fingerprint density at radius 1 is 0.806 bits per heavy atom. The fourth-order valence-corrected chi connectivity index (χ4v) is 4.63. The lowest BCUT2D eigenvalue weighted by Crippen LogP contribution is -2.37. The van der Waals surface area contributed by atoms with E-state index in [1.165, 1.54) is 10.8 Å². The number of rotatable bonds is 6. The van der Waals surface area contributed by atoms with Gasteiger partial charge in [0.05, 0.1) is 6.04 Å². The second kappa shape index (κ2) is 9.01. The number of hydrogen-bond donors (Lipinski definition) is 2. The van der Waals surface area contributed by atoms with Crippen LogP contribution < -0.4 is 10.6 Å². The quantitative estimate of drug-likeness (QED) is 0.414. The van der Waals surface area contributed by atoms with Gasteiger partial charge in [0.15, 0.2) is 5.78 Å². The first kappa shape index (κ1) is 19.9. The van der Waals surface area contributed by atoms with E-state index in [1.54, 1.807) is 0 Å². The summed E-state index contributed by atoms with van der Waals surface area (Å²) in [4.78, 5) is 13.7. The molecule has 3 nitrogen and oxygen atoms in total. The predicted octanol–water partition coefficient (Wildman–Crippen LogP) is 5.51. The average Bonchev–Trinajstić information content (AvgIpc) is 2.84. The molecule has 156 valence electrons. The zero-order chi connectivity index (χ0) is 21.0. The van der Waals surface area contributed by atoms with Crippen LogP contribution in [0.25, 0.3) is 21.5 Å². The van der Waals surface area contributed by atoms with Gasteiger partial charge in [0.2, 0.25) is 0 Å². The normalized spacial score (nSPS) is 15.9. The number of Topliss-reactive ketones (excluding diaryl/α,β-unsaturated/α-hetero) is 1. The van der Waals surface area contributed by atoms with Crippen molar-refractivity contribution in [3.05, 3.63) is 96.1 Å². The van der Waals surface area contributed by atoms with Crippen LogP contribution in [0.5, 0.6) is 0 Å². The Bertz CT molecular complexity index is 1210. The molecule has 1 fully saturated rings. The monoisotopic (exact) mass is 408 g/mol. The first-order valence-electron chi connectivity index (χ1n) is 11.2. The molecule has 0 amide bonds. The summed E-state index contributed by atoms with van der Waals surface area (Å²) < 4.78 is 0. The second-order valence-electron chi connectivity index (χ2n) is 8.57. The van der Waals surface area contributed by atoms with Crippen LogP contribution in [0.2, 0.25) is 0 Å². The lowest BCUT2D eigenvalue weighted by molar-refractivity contribution is 0.0939. The molecule has 0 radical (unpaired) electrons. The van der Waals surface area contributed by atoms with E-state index < -0.39 is 0 Å². The van der Waals surface area contributed by atoms with Gasteiger partial charge >= 0.3 is 0 Å². The summed E-state index contributed by atoms with van der Waals surface area (Å²) in [5.41, 5.74) is 1.79. The van der Waals surface area contributed by atoms with Crippen molar-refractivity contribution in [3.63, 3.8) is 0 Å². The van der Waals surface area contributed by atoms with Gasteiger partial charge in [-0.2, -0.15) is 0 Å². The molecule has 1 aliphatic rings. The minimum atomic E-state index is -0.347. The smallest absolute Gasteiger partial charge is 0.184 e. The zero-order valence-electron chi connectivity index (χ0n) is 17.7. The molecule has 1 heterocycles. The van der Waals surface area contributed by atoms with Gasteiger partial charge in [-0.05, 0) is 77.6 Å². The Balaban J connectivity index is 1.48. The molecule has 2 N–H and O–H groups in total. The molecule has 5 rings (SSSR count). The highest BCUT2D eigenvalue weighted by Gasteiger charge is 2.24. The fraction of sp³-hybridized carbons (Fsp3) is 0.250. The summed E-state index contributed by atoms with van der Waals surface area (Å²) in [5, 5.41) is 11.7. The van der Waals surface area contributed by atoms with Crippen LogP contribution in [0.1, 0.15) is 34.8 Å². The third kappa shape index (κ3) is 4.39. The molecular formula is C28H28N2O. The first-order chi connectivity index (χ1) is 15.3. The number of nitrogens with one attached hydrogen (secondary N) is 2. The van der Waals surface area contributed by atoms with Crippen molar-refractivity contribution in [3.8, 4) is 0 Å². The Hall–Kier alpha value is -3.01.